The highest BCUT2D eigenvalue weighted by Crippen LogP contribution is 2.21. The maximum Gasteiger partial charge on any atom is 0.131 e. The number of aliphatic hydroxyl groups is 1. The van der Waals surface area contributed by atoms with Crippen LogP contribution in [-0.4, -0.2) is 54.7 Å². The first-order valence-corrected chi connectivity index (χ1v) is 5.50. The highest BCUT2D eigenvalue weighted by Gasteiger charge is 2.30. The van der Waals surface area contributed by atoms with Crippen molar-refractivity contribution in [2.75, 3.05) is 33.4 Å². The number of likely N-dealkylation sites (N-methyl/N-ethyl adjacent to an activating group) is 1. The predicted octanol–water partition coefficient (Wildman–Crippen LogP) is 0.439. The second-order valence-corrected chi connectivity index (χ2v) is 4.53. The number of carbonyl (C=O) groups is 1. The first-order chi connectivity index (χ1) is 7.02. The van der Waals surface area contributed by atoms with Crippen molar-refractivity contribution in [3.05, 3.63) is 0 Å². The third kappa shape index (κ3) is 4.73. The minimum absolute atomic E-state index is 0.195. The van der Waals surface area contributed by atoms with Gasteiger partial charge in [-0.25, -0.2) is 0 Å². The van der Waals surface area contributed by atoms with Crippen molar-refractivity contribution in [2.24, 2.45) is 0 Å². The maximum absolute atomic E-state index is 10.8. The fourth-order valence-corrected chi connectivity index (χ4v) is 1.84. The summed E-state index contributed by atoms with van der Waals surface area (Å²) in [5, 5.41) is 10.2. The normalized spacial score (nSPS) is 20.5. The standard InChI is InChI=1S/C11H21NO3/c1-10(13)3-6-12(2)9-11(14)4-7-15-8-5-11/h14H,3-9H2,1-2H3. The van der Waals surface area contributed by atoms with Crippen molar-refractivity contribution in [3.63, 3.8) is 0 Å². The van der Waals surface area contributed by atoms with Crippen molar-refractivity contribution in [1.29, 1.82) is 0 Å². The van der Waals surface area contributed by atoms with E-state index >= 15 is 0 Å². The van der Waals surface area contributed by atoms with E-state index in [0.717, 1.165) is 6.54 Å². The fourth-order valence-electron chi connectivity index (χ4n) is 1.84. The number of nitrogens with zero attached hydrogens (tertiary/aromatic N) is 1. The molecule has 1 aliphatic heterocycles. The molecule has 1 saturated heterocycles. The summed E-state index contributed by atoms with van der Waals surface area (Å²) < 4.78 is 5.21. The van der Waals surface area contributed by atoms with E-state index in [1.807, 2.05) is 11.9 Å². The Morgan fingerprint density at radius 1 is 1.47 bits per heavy atom. The van der Waals surface area contributed by atoms with E-state index in [0.29, 0.717) is 39.0 Å². The summed E-state index contributed by atoms with van der Waals surface area (Å²) in [6, 6.07) is 0. The van der Waals surface area contributed by atoms with Crippen molar-refractivity contribution >= 4 is 5.78 Å². The molecule has 0 aromatic carbocycles. The molecule has 0 spiro atoms. The summed E-state index contributed by atoms with van der Waals surface area (Å²) in [6.45, 7) is 4.22. The highest BCUT2D eigenvalue weighted by molar-refractivity contribution is 5.75. The maximum atomic E-state index is 10.8. The third-order valence-corrected chi connectivity index (χ3v) is 2.83. The average molecular weight is 215 g/mol. The molecule has 1 heterocycles. The van der Waals surface area contributed by atoms with Crippen LogP contribution in [0.4, 0.5) is 0 Å². The molecule has 1 fully saturated rings. The Bertz CT molecular complexity index is 212. The van der Waals surface area contributed by atoms with E-state index in [1.165, 1.54) is 0 Å². The van der Waals surface area contributed by atoms with Crippen LogP contribution in [0.15, 0.2) is 0 Å². The van der Waals surface area contributed by atoms with Crippen LogP contribution in [0.1, 0.15) is 26.2 Å². The zero-order chi connectivity index (χ0) is 11.3. The van der Waals surface area contributed by atoms with Crippen LogP contribution in [0.5, 0.6) is 0 Å². The lowest BCUT2D eigenvalue weighted by molar-refractivity contribution is -0.117. The van der Waals surface area contributed by atoms with Crippen LogP contribution in [0, 0.1) is 0 Å². The molecule has 0 radical (unpaired) electrons. The van der Waals surface area contributed by atoms with Crippen LogP contribution >= 0.6 is 0 Å². The fraction of sp³-hybridized carbons (Fsp3) is 0.909. The number of hydrogen-bond acceptors (Lipinski definition) is 4. The SMILES string of the molecule is CC(=O)CCN(C)CC1(O)CCOCC1. The molecule has 0 aromatic heterocycles. The van der Waals surface area contributed by atoms with Gasteiger partial charge in [0.2, 0.25) is 0 Å². The van der Waals surface area contributed by atoms with Gasteiger partial charge in [-0.1, -0.05) is 0 Å². The zero-order valence-electron chi connectivity index (χ0n) is 9.66. The minimum atomic E-state index is -0.621. The Balaban J connectivity index is 2.28. The lowest BCUT2D eigenvalue weighted by Gasteiger charge is -2.35. The molecule has 1 N–H and O–H groups in total. The minimum Gasteiger partial charge on any atom is -0.388 e. The van der Waals surface area contributed by atoms with Crippen molar-refractivity contribution in [3.8, 4) is 0 Å². The summed E-state index contributed by atoms with van der Waals surface area (Å²) in [6.07, 6.45) is 1.94. The van der Waals surface area contributed by atoms with E-state index in [-0.39, 0.29) is 5.78 Å². The predicted molar refractivity (Wildman–Crippen MR) is 57.8 cm³/mol. The molecule has 0 aromatic rings. The van der Waals surface area contributed by atoms with E-state index in [4.69, 9.17) is 4.74 Å². The smallest absolute Gasteiger partial charge is 0.131 e. The molecule has 88 valence electrons. The van der Waals surface area contributed by atoms with E-state index in [1.54, 1.807) is 6.92 Å². The lowest BCUT2D eigenvalue weighted by Crippen LogP contribution is -2.46. The molecule has 0 atom stereocenters. The van der Waals surface area contributed by atoms with Gasteiger partial charge in [-0.15, -0.1) is 0 Å². The number of ether oxygens (including phenoxy) is 1. The van der Waals surface area contributed by atoms with Crippen molar-refractivity contribution in [2.45, 2.75) is 31.8 Å². The molecule has 1 rings (SSSR count). The molecule has 0 amide bonds. The van der Waals surface area contributed by atoms with Gasteiger partial charge in [0.1, 0.15) is 5.78 Å². The number of hydrogen-bond donors (Lipinski definition) is 1. The number of carbonyl (C=O) groups excluding carboxylic acids is 1. The number of Topliss-reactive ketones (excluding diaryl/α,β-unsaturated/α-hetero) is 1. The van der Waals surface area contributed by atoms with Crippen molar-refractivity contribution in [1.82, 2.24) is 4.90 Å². The van der Waals surface area contributed by atoms with Gasteiger partial charge in [0.25, 0.3) is 0 Å². The van der Waals surface area contributed by atoms with Crippen LogP contribution in [0.2, 0.25) is 0 Å². The zero-order valence-corrected chi connectivity index (χ0v) is 9.66. The highest BCUT2D eigenvalue weighted by atomic mass is 16.5. The largest absolute Gasteiger partial charge is 0.388 e. The van der Waals surface area contributed by atoms with Gasteiger partial charge in [0.15, 0.2) is 0 Å². The Hall–Kier alpha value is -0.450. The van der Waals surface area contributed by atoms with Gasteiger partial charge in [0.05, 0.1) is 5.60 Å². The molecule has 0 bridgehead atoms. The monoisotopic (exact) mass is 215 g/mol. The Morgan fingerprint density at radius 3 is 2.60 bits per heavy atom. The first-order valence-electron chi connectivity index (χ1n) is 5.50. The van der Waals surface area contributed by atoms with E-state index in [2.05, 4.69) is 0 Å². The molecule has 0 unspecified atom stereocenters. The summed E-state index contributed by atoms with van der Waals surface area (Å²) in [5.74, 6) is 0.195. The molecule has 4 heteroatoms. The molecule has 0 saturated carbocycles. The van der Waals surface area contributed by atoms with Gasteiger partial charge in [-0.2, -0.15) is 0 Å². The lowest BCUT2D eigenvalue weighted by atomic mass is 9.94. The Labute approximate surface area is 91.2 Å². The Kier molecular flexibility index (Phi) is 4.70. The van der Waals surface area contributed by atoms with Crippen molar-refractivity contribution < 1.29 is 14.6 Å². The van der Waals surface area contributed by atoms with Crippen LogP contribution < -0.4 is 0 Å². The summed E-state index contributed by atoms with van der Waals surface area (Å²) in [4.78, 5) is 12.8. The van der Waals surface area contributed by atoms with Crippen LogP contribution in [0.25, 0.3) is 0 Å². The van der Waals surface area contributed by atoms with E-state index < -0.39 is 5.60 Å². The molecule has 0 aliphatic carbocycles. The molecular weight excluding hydrogens is 194 g/mol. The van der Waals surface area contributed by atoms with Crippen LogP contribution in [0.3, 0.4) is 0 Å². The molecule has 4 nitrogen and oxygen atoms in total. The molecule has 1 aliphatic rings. The number of ketones is 1. The van der Waals surface area contributed by atoms with E-state index in [9.17, 15) is 9.90 Å². The summed E-state index contributed by atoms with van der Waals surface area (Å²) in [5.41, 5.74) is -0.621. The summed E-state index contributed by atoms with van der Waals surface area (Å²) in [7, 11) is 1.94. The van der Waals surface area contributed by atoms with Gasteiger partial charge in [-0.05, 0) is 14.0 Å². The first kappa shape index (κ1) is 12.6. The quantitative estimate of drug-likeness (QED) is 0.723. The molecule has 15 heavy (non-hydrogen) atoms. The van der Waals surface area contributed by atoms with Gasteiger partial charge in [-0.3, -0.25) is 4.79 Å². The Morgan fingerprint density at radius 2 is 2.07 bits per heavy atom. The number of rotatable bonds is 5. The summed E-state index contributed by atoms with van der Waals surface area (Å²) >= 11 is 0. The van der Waals surface area contributed by atoms with Gasteiger partial charge >= 0.3 is 0 Å². The third-order valence-electron chi connectivity index (χ3n) is 2.83. The topological polar surface area (TPSA) is 49.8 Å². The molecular formula is C11H21NO3. The van der Waals surface area contributed by atoms with Crippen LogP contribution in [-0.2, 0) is 9.53 Å². The average Bonchev–Trinajstić information content (AvgIpc) is 2.15. The van der Waals surface area contributed by atoms with Gasteiger partial charge < -0.3 is 14.7 Å². The second-order valence-electron chi connectivity index (χ2n) is 4.53. The second kappa shape index (κ2) is 5.58. The van der Waals surface area contributed by atoms with Gasteiger partial charge in [0, 0.05) is 45.6 Å².